The van der Waals surface area contributed by atoms with E-state index in [1.165, 1.54) is 33.9 Å². The second kappa shape index (κ2) is 4.35. The van der Waals surface area contributed by atoms with Crippen molar-refractivity contribution in [3.63, 3.8) is 0 Å². The molecule has 0 heterocycles. The second-order valence-corrected chi connectivity index (χ2v) is 6.78. The summed E-state index contributed by atoms with van der Waals surface area (Å²) in [5.74, 6) is 0. The van der Waals surface area contributed by atoms with Gasteiger partial charge in [0.1, 0.15) is 0 Å². The van der Waals surface area contributed by atoms with Gasteiger partial charge in [0, 0.05) is 6.04 Å². The first-order chi connectivity index (χ1) is 8.98. The zero-order chi connectivity index (χ0) is 13.6. The van der Waals surface area contributed by atoms with Crippen molar-refractivity contribution in [3.05, 3.63) is 47.0 Å². The molecule has 1 atom stereocenters. The topological polar surface area (TPSA) is 26.0 Å². The van der Waals surface area contributed by atoms with Crippen molar-refractivity contribution in [2.45, 2.75) is 46.1 Å². The highest BCUT2D eigenvalue weighted by atomic mass is 14.6. The van der Waals surface area contributed by atoms with Gasteiger partial charge in [0.15, 0.2) is 0 Å². The molecule has 19 heavy (non-hydrogen) atoms. The summed E-state index contributed by atoms with van der Waals surface area (Å²) in [5.41, 5.74) is 11.0. The first-order valence-electron chi connectivity index (χ1n) is 7.25. The summed E-state index contributed by atoms with van der Waals surface area (Å²) in [6, 6.07) is 11.3. The van der Waals surface area contributed by atoms with E-state index in [1.54, 1.807) is 0 Å². The monoisotopic (exact) mass is 253 g/mol. The molecule has 0 bridgehead atoms. The smallest absolute Gasteiger partial charge is 0.0303 e. The maximum absolute atomic E-state index is 6.48. The Balaban J connectivity index is 2.26. The molecule has 0 aliphatic heterocycles. The van der Waals surface area contributed by atoms with Crippen LogP contribution < -0.4 is 5.73 Å². The average molecular weight is 253 g/mol. The third kappa shape index (κ3) is 2.17. The van der Waals surface area contributed by atoms with E-state index in [0.29, 0.717) is 5.41 Å². The third-order valence-electron chi connectivity index (χ3n) is 4.62. The van der Waals surface area contributed by atoms with Gasteiger partial charge in [0.2, 0.25) is 0 Å². The minimum atomic E-state index is 0.177. The number of aryl methyl sites for hydroxylation is 2. The van der Waals surface area contributed by atoms with E-state index in [-0.39, 0.29) is 6.04 Å². The lowest BCUT2D eigenvalue weighted by Crippen LogP contribution is -2.19. The minimum absolute atomic E-state index is 0.177. The van der Waals surface area contributed by atoms with Crippen molar-refractivity contribution < 1.29 is 0 Å². The predicted molar refractivity (Wildman–Crippen MR) is 82.3 cm³/mol. The third-order valence-corrected chi connectivity index (χ3v) is 4.62. The number of hydrogen-bond acceptors (Lipinski definition) is 1. The molecule has 0 fully saturated rings. The minimum Gasteiger partial charge on any atom is -0.324 e. The average Bonchev–Trinajstić information content (AvgIpc) is 2.47. The van der Waals surface area contributed by atoms with Crippen molar-refractivity contribution in [1.82, 2.24) is 0 Å². The summed E-state index contributed by atoms with van der Waals surface area (Å²) in [7, 11) is 0. The van der Waals surface area contributed by atoms with Gasteiger partial charge in [-0.15, -0.1) is 0 Å². The van der Waals surface area contributed by atoms with E-state index in [1.807, 2.05) is 0 Å². The summed E-state index contributed by atoms with van der Waals surface area (Å²) in [5, 5.41) is 2.79. The molecule has 1 unspecified atom stereocenters. The Hall–Kier alpha value is -1.34. The van der Waals surface area contributed by atoms with E-state index >= 15 is 0 Å². The zero-order valence-electron chi connectivity index (χ0n) is 12.2. The molecule has 1 heteroatoms. The molecule has 0 aromatic heterocycles. The largest absolute Gasteiger partial charge is 0.324 e. The van der Waals surface area contributed by atoms with Gasteiger partial charge in [-0.25, -0.2) is 0 Å². The summed E-state index contributed by atoms with van der Waals surface area (Å²) in [6.45, 7) is 6.88. The van der Waals surface area contributed by atoms with E-state index in [2.05, 4.69) is 51.1 Å². The second-order valence-electron chi connectivity index (χ2n) is 6.78. The lowest BCUT2D eigenvalue weighted by molar-refractivity contribution is 0.294. The Labute approximate surface area is 115 Å². The van der Waals surface area contributed by atoms with Crippen LogP contribution in [0.3, 0.4) is 0 Å². The summed E-state index contributed by atoms with van der Waals surface area (Å²) < 4.78 is 0. The highest BCUT2D eigenvalue weighted by Crippen LogP contribution is 2.41. The molecule has 1 aliphatic carbocycles. The first kappa shape index (κ1) is 12.7. The SMILES string of the molecule is Cc1cc2c(c3ccccc13)CCC(C)(C)CC2N. The van der Waals surface area contributed by atoms with Crippen LogP contribution in [-0.2, 0) is 6.42 Å². The number of fused-ring (bicyclic) bond motifs is 3. The number of benzene rings is 2. The highest BCUT2D eigenvalue weighted by Gasteiger charge is 2.28. The normalized spacial score (nSPS) is 22.0. The van der Waals surface area contributed by atoms with Crippen molar-refractivity contribution in [2.75, 3.05) is 0 Å². The number of rotatable bonds is 0. The van der Waals surface area contributed by atoms with Crippen LogP contribution in [0.1, 0.15) is 49.4 Å². The molecule has 1 aliphatic rings. The Morgan fingerprint density at radius 1 is 1.16 bits per heavy atom. The molecule has 100 valence electrons. The van der Waals surface area contributed by atoms with Crippen LogP contribution in [0.15, 0.2) is 30.3 Å². The molecule has 2 N–H and O–H groups in total. The lowest BCUT2D eigenvalue weighted by atomic mass is 9.83. The van der Waals surface area contributed by atoms with Gasteiger partial charge in [0.05, 0.1) is 0 Å². The van der Waals surface area contributed by atoms with Gasteiger partial charge < -0.3 is 5.73 Å². The Morgan fingerprint density at radius 2 is 1.84 bits per heavy atom. The summed E-state index contributed by atoms with van der Waals surface area (Å²) in [6.07, 6.45) is 3.45. The molecule has 0 saturated heterocycles. The van der Waals surface area contributed by atoms with Crippen LogP contribution in [-0.4, -0.2) is 0 Å². The van der Waals surface area contributed by atoms with Crippen LogP contribution in [0.4, 0.5) is 0 Å². The summed E-state index contributed by atoms with van der Waals surface area (Å²) >= 11 is 0. The molecule has 0 amide bonds. The Morgan fingerprint density at radius 3 is 2.58 bits per heavy atom. The van der Waals surface area contributed by atoms with Crippen LogP contribution in [0, 0.1) is 12.3 Å². The van der Waals surface area contributed by atoms with Crippen LogP contribution in [0.5, 0.6) is 0 Å². The van der Waals surface area contributed by atoms with Gasteiger partial charge in [-0.2, -0.15) is 0 Å². The predicted octanol–water partition coefficient (Wildman–Crippen LogP) is 4.51. The van der Waals surface area contributed by atoms with Crippen LogP contribution in [0.2, 0.25) is 0 Å². The standard InChI is InChI=1S/C18H23N/c1-12-10-16-15(14-7-5-4-6-13(12)14)8-9-18(2,3)11-17(16)19/h4-7,10,17H,8-9,11,19H2,1-3H3. The van der Waals surface area contributed by atoms with Crippen molar-refractivity contribution in [3.8, 4) is 0 Å². The zero-order valence-corrected chi connectivity index (χ0v) is 12.2. The molecular weight excluding hydrogens is 230 g/mol. The Kier molecular flexibility index (Phi) is 2.90. The number of hydrogen-bond donors (Lipinski definition) is 1. The van der Waals surface area contributed by atoms with E-state index in [9.17, 15) is 0 Å². The molecule has 2 aromatic rings. The molecule has 3 rings (SSSR count). The van der Waals surface area contributed by atoms with Crippen molar-refractivity contribution >= 4 is 10.8 Å². The molecule has 1 nitrogen and oxygen atoms in total. The fourth-order valence-electron chi connectivity index (χ4n) is 3.52. The van der Waals surface area contributed by atoms with Gasteiger partial charge in [0.25, 0.3) is 0 Å². The van der Waals surface area contributed by atoms with E-state index < -0.39 is 0 Å². The van der Waals surface area contributed by atoms with Gasteiger partial charge in [-0.1, -0.05) is 44.2 Å². The molecular formula is C18H23N. The maximum Gasteiger partial charge on any atom is 0.0303 e. The van der Waals surface area contributed by atoms with Gasteiger partial charge in [-0.3, -0.25) is 0 Å². The highest BCUT2D eigenvalue weighted by molar-refractivity contribution is 5.89. The van der Waals surface area contributed by atoms with Crippen molar-refractivity contribution in [2.24, 2.45) is 11.1 Å². The quantitative estimate of drug-likeness (QED) is 0.687. The fourth-order valence-corrected chi connectivity index (χ4v) is 3.52. The number of nitrogens with two attached hydrogens (primary N) is 1. The van der Waals surface area contributed by atoms with Crippen LogP contribution >= 0.6 is 0 Å². The maximum atomic E-state index is 6.48. The van der Waals surface area contributed by atoms with E-state index in [4.69, 9.17) is 5.73 Å². The molecule has 0 saturated carbocycles. The summed E-state index contributed by atoms with van der Waals surface area (Å²) in [4.78, 5) is 0. The van der Waals surface area contributed by atoms with E-state index in [0.717, 1.165) is 12.8 Å². The fraction of sp³-hybridized carbons (Fsp3) is 0.444. The first-order valence-corrected chi connectivity index (χ1v) is 7.25. The van der Waals surface area contributed by atoms with Gasteiger partial charge in [-0.05, 0) is 59.1 Å². The van der Waals surface area contributed by atoms with Crippen molar-refractivity contribution in [1.29, 1.82) is 0 Å². The van der Waals surface area contributed by atoms with Gasteiger partial charge >= 0.3 is 0 Å². The van der Waals surface area contributed by atoms with Crippen LogP contribution in [0.25, 0.3) is 10.8 Å². The molecule has 0 radical (unpaired) electrons. The molecule has 2 aromatic carbocycles. The Bertz CT molecular complexity index is 625. The molecule has 0 spiro atoms. The lowest BCUT2D eigenvalue weighted by Gasteiger charge is -2.24.